The number of methoxy groups -OCH3 is 1. The lowest BCUT2D eigenvalue weighted by Gasteiger charge is -2.32. The number of allylic oxidation sites excluding steroid dienone is 1. The van der Waals surface area contributed by atoms with E-state index in [0.717, 1.165) is 0 Å². The summed E-state index contributed by atoms with van der Waals surface area (Å²) in [5, 5.41) is 0. The minimum atomic E-state index is -0.651. The Kier molecular flexibility index (Phi) is 2.18. The molecule has 0 radical (unpaired) electrons. The second kappa shape index (κ2) is 3.38. The van der Waals surface area contributed by atoms with Crippen LogP contribution in [0.25, 0.3) is 0 Å². The van der Waals surface area contributed by atoms with E-state index in [0.29, 0.717) is 6.29 Å². The first-order chi connectivity index (χ1) is 7.19. The molecule has 0 saturated carbocycles. The van der Waals surface area contributed by atoms with Crippen LogP contribution in [-0.2, 0) is 23.9 Å². The lowest BCUT2D eigenvalue weighted by atomic mass is 10.1. The number of aldehydes is 1. The normalized spacial score (nSPS) is 23.1. The number of ether oxygens (including phenoxy) is 2. The Hall–Kier alpha value is -1.85. The molecule has 1 atom stereocenters. The zero-order chi connectivity index (χ0) is 11.0. The van der Waals surface area contributed by atoms with Crippen LogP contribution in [0.4, 0.5) is 0 Å². The largest absolute Gasteiger partial charge is 0.471 e. The van der Waals surface area contributed by atoms with E-state index in [2.05, 4.69) is 4.74 Å². The van der Waals surface area contributed by atoms with Crippen LogP contribution in [0.5, 0.6) is 0 Å². The zero-order valence-electron chi connectivity index (χ0n) is 8.06. The minimum Gasteiger partial charge on any atom is -0.471 e. The minimum absolute atomic E-state index is 0.0231. The average Bonchev–Trinajstić information content (AvgIpc) is 2.50. The molecule has 80 valence electrons. The fraction of sp³-hybridized carbons (Fsp3) is 0.444. The molecule has 2 heterocycles. The first-order valence-electron chi connectivity index (χ1n) is 4.43. The molecule has 2 rings (SSSR count). The van der Waals surface area contributed by atoms with Gasteiger partial charge in [0, 0.05) is 0 Å². The maximum Gasteiger partial charge on any atom is 0.358 e. The number of esters is 1. The van der Waals surface area contributed by atoms with Crippen LogP contribution in [0.1, 0.15) is 12.8 Å². The molecule has 0 aromatic rings. The van der Waals surface area contributed by atoms with E-state index >= 15 is 0 Å². The highest BCUT2D eigenvalue weighted by atomic mass is 16.5. The maximum absolute atomic E-state index is 11.4. The van der Waals surface area contributed by atoms with E-state index in [-0.39, 0.29) is 30.2 Å². The summed E-state index contributed by atoms with van der Waals surface area (Å²) in [4.78, 5) is 34.2. The highest BCUT2D eigenvalue weighted by Crippen LogP contribution is 2.37. The lowest BCUT2D eigenvalue weighted by molar-refractivity contribution is -0.158. The van der Waals surface area contributed by atoms with E-state index in [4.69, 9.17) is 4.74 Å². The second-order valence-electron chi connectivity index (χ2n) is 3.17. The van der Waals surface area contributed by atoms with Crippen molar-refractivity contribution in [3.8, 4) is 0 Å². The van der Waals surface area contributed by atoms with Gasteiger partial charge in [-0.1, -0.05) is 0 Å². The Morgan fingerprint density at radius 2 is 2.47 bits per heavy atom. The van der Waals surface area contributed by atoms with Gasteiger partial charge in [0.25, 0.3) is 0 Å². The molecule has 2 aliphatic heterocycles. The third-order valence-corrected chi connectivity index (χ3v) is 2.34. The van der Waals surface area contributed by atoms with Crippen LogP contribution in [0.3, 0.4) is 0 Å². The lowest BCUT2D eigenvalue weighted by Crippen LogP contribution is -2.50. The summed E-state index contributed by atoms with van der Waals surface area (Å²) in [6.07, 6.45) is 0.406. The third-order valence-electron chi connectivity index (χ3n) is 2.34. The summed E-state index contributed by atoms with van der Waals surface area (Å²) in [6.45, 7) is 0. The van der Waals surface area contributed by atoms with Crippen molar-refractivity contribution in [2.24, 2.45) is 0 Å². The molecule has 0 N–H and O–H groups in total. The van der Waals surface area contributed by atoms with E-state index in [1.54, 1.807) is 0 Å². The van der Waals surface area contributed by atoms with Crippen molar-refractivity contribution < 1.29 is 23.9 Å². The topological polar surface area (TPSA) is 72.9 Å². The third kappa shape index (κ3) is 1.29. The van der Waals surface area contributed by atoms with Gasteiger partial charge in [-0.25, -0.2) is 4.79 Å². The van der Waals surface area contributed by atoms with E-state index < -0.39 is 12.2 Å². The second-order valence-corrected chi connectivity index (χ2v) is 3.17. The predicted octanol–water partition coefficient (Wildman–Crippen LogP) is -0.451. The SMILES string of the molecule is COC(=O)C1=C(CC=O)O[C@@H]2CC(=O)N12. The Morgan fingerprint density at radius 1 is 1.73 bits per heavy atom. The monoisotopic (exact) mass is 211 g/mol. The molecule has 0 unspecified atom stereocenters. The number of hydrogen-bond donors (Lipinski definition) is 0. The standard InChI is InChI=1S/C9H9NO5/c1-14-9(13)8-5(2-3-11)15-7-4-6(12)10(7)8/h3,7H,2,4H2,1H3/t7-/m1/s1. The molecule has 0 aliphatic carbocycles. The first kappa shape index (κ1) is 9.70. The fourth-order valence-corrected chi connectivity index (χ4v) is 1.63. The number of carbonyl (C=O) groups excluding carboxylic acids is 3. The molecule has 6 nitrogen and oxygen atoms in total. The fourth-order valence-electron chi connectivity index (χ4n) is 1.63. The quantitative estimate of drug-likeness (QED) is 0.359. The maximum atomic E-state index is 11.4. The van der Waals surface area contributed by atoms with Crippen LogP contribution in [0.2, 0.25) is 0 Å². The zero-order valence-corrected chi connectivity index (χ0v) is 8.06. The van der Waals surface area contributed by atoms with Gasteiger partial charge in [0.2, 0.25) is 5.91 Å². The van der Waals surface area contributed by atoms with Crippen LogP contribution in [0, 0.1) is 0 Å². The van der Waals surface area contributed by atoms with Gasteiger partial charge < -0.3 is 14.3 Å². The number of amides is 1. The van der Waals surface area contributed by atoms with Gasteiger partial charge in [-0.3, -0.25) is 9.69 Å². The summed E-state index contributed by atoms with van der Waals surface area (Å²) in [5.41, 5.74) is 0.0610. The van der Waals surface area contributed by atoms with Crippen LogP contribution in [0.15, 0.2) is 11.5 Å². The summed E-state index contributed by atoms with van der Waals surface area (Å²) in [7, 11) is 1.21. The number of carbonyl (C=O) groups is 3. The molecule has 1 amide bonds. The van der Waals surface area contributed by atoms with Crippen molar-refractivity contribution in [2.75, 3.05) is 7.11 Å². The molecular weight excluding hydrogens is 202 g/mol. The summed E-state index contributed by atoms with van der Waals surface area (Å²) < 4.78 is 9.78. The summed E-state index contributed by atoms with van der Waals surface area (Å²) >= 11 is 0. The average molecular weight is 211 g/mol. The van der Waals surface area contributed by atoms with Crippen molar-refractivity contribution >= 4 is 18.2 Å². The van der Waals surface area contributed by atoms with Crippen molar-refractivity contribution in [1.82, 2.24) is 4.90 Å². The van der Waals surface area contributed by atoms with Gasteiger partial charge >= 0.3 is 5.97 Å². The van der Waals surface area contributed by atoms with Crippen molar-refractivity contribution in [3.05, 3.63) is 11.5 Å². The Labute approximate surface area is 85.4 Å². The molecule has 0 bridgehead atoms. The van der Waals surface area contributed by atoms with Crippen LogP contribution in [-0.4, -0.2) is 36.4 Å². The summed E-state index contributed by atoms with van der Waals surface area (Å²) in [6, 6.07) is 0. The number of nitrogens with zero attached hydrogens (tertiary/aromatic N) is 1. The smallest absolute Gasteiger partial charge is 0.358 e. The predicted molar refractivity (Wildman–Crippen MR) is 46.1 cm³/mol. The summed E-state index contributed by atoms with van der Waals surface area (Å²) in [5.74, 6) is -0.628. The van der Waals surface area contributed by atoms with Gasteiger partial charge in [-0.15, -0.1) is 0 Å². The number of β-lactam (4-membered cyclic amide) rings is 1. The van der Waals surface area contributed by atoms with Crippen molar-refractivity contribution in [3.63, 3.8) is 0 Å². The Morgan fingerprint density at radius 3 is 3.00 bits per heavy atom. The molecule has 0 aromatic carbocycles. The Balaban J connectivity index is 2.31. The van der Waals surface area contributed by atoms with Gasteiger partial charge in [0.1, 0.15) is 12.0 Å². The molecule has 1 fully saturated rings. The van der Waals surface area contributed by atoms with Crippen molar-refractivity contribution in [2.45, 2.75) is 19.1 Å². The molecule has 15 heavy (non-hydrogen) atoms. The van der Waals surface area contributed by atoms with Gasteiger partial charge in [0.15, 0.2) is 11.9 Å². The van der Waals surface area contributed by atoms with Crippen LogP contribution < -0.4 is 0 Å². The van der Waals surface area contributed by atoms with Crippen molar-refractivity contribution in [1.29, 1.82) is 0 Å². The van der Waals surface area contributed by atoms with Gasteiger partial charge in [0.05, 0.1) is 20.0 Å². The van der Waals surface area contributed by atoms with Gasteiger partial charge in [-0.05, 0) is 0 Å². The first-order valence-corrected chi connectivity index (χ1v) is 4.43. The molecular formula is C9H9NO5. The molecule has 6 heteroatoms. The molecule has 0 aromatic heterocycles. The molecule has 1 saturated heterocycles. The van der Waals surface area contributed by atoms with Crippen LogP contribution >= 0.6 is 0 Å². The Bertz CT molecular complexity index is 373. The number of hydrogen-bond acceptors (Lipinski definition) is 5. The molecule has 2 aliphatic rings. The van der Waals surface area contributed by atoms with E-state index in [9.17, 15) is 14.4 Å². The van der Waals surface area contributed by atoms with E-state index in [1.165, 1.54) is 12.0 Å². The number of rotatable bonds is 3. The highest BCUT2D eigenvalue weighted by Gasteiger charge is 2.49. The van der Waals surface area contributed by atoms with Gasteiger partial charge in [-0.2, -0.15) is 0 Å². The number of fused-ring (bicyclic) bond motifs is 1. The molecule has 0 spiro atoms. The highest BCUT2D eigenvalue weighted by molar-refractivity contribution is 5.98. The van der Waals surface area contributed by atoms with E-state index in [1.807, 2.05) is 0 Å².